The Morgan fingerprint density at radius 2 is 1.08 bits per heavy atom. The molecule has 0 spiro atoms. The van der Waals surface area contributed by atoms with Crippen LogP contribution in [0, 0.1) is 29.6 Å². The Labute approximate surface area is 448 Å². The summed E-state index contributed by atoms with van der Waals surface area (Å²) in [5.41, 5.74) is 21.7. The van der Waals surface area contributed by atoms with Crippen LogP contribution in [-0.4, -0.2) is 11.4 Å². The molecule has 2 atom stereocenters. The van der Waals surface area contributed by atoms with Gasteiger partial charge in [0.15, 0.2) is 0 Å². The molecule has 370 valence electrons. The van der Waals surface area contributed by atoms with Crippen LogP contribution < -0.4 is 20.6 Å². The van der Waals surface area contributed by atoms with Crippen molar-refractivity contribution >= 4 is 78.8 Å². The van der Waals surface area contributed by atoms with Crippen LogP contribution >= 0.6 is 0 Å². The Hall–Kier alpha value is -7.30. The minimum atomic E-state index is -0.0687. The Bertz CT molecular complexity index is 3880. The van der Waals surface area contributed by atoms with Gasteiger partial charge in [-0.25, -0.2) is 0 Å². The van der Waals surface area contributed by atoms with Crippen LogP contribution in [0.25, 0.3) is 60.5 Å². The summed E-state index contributed by atoms with van der Waals surface area (Å²) < 4.78 is 2.77. The van der Waals surface area contributed by atoms with E-state index in [0.717, 1.165) is 41.0 Å². The molecule has 0 amide bonds. The Morgan fingerprint density at radius 3 is 1.74 bits per heavy atom. The minimum absolute atomic E-state index is 0.0687. The second-order valence-electron chi connectivity index (χ2n) is 25.1. The van der Waals surface area contributed by atoms with Gasteiger partial charge in [0.2, 0.25) is 0 Å². The fraction of sp³-hybridized carbons (Fsp3) is 0.278. The predicted molar refractivity (Wildman–Crippen MR) is 319 cm³/mol. The molecule has 3 heterocycles. The highest BCUT2D eigenvalue weighted by molar-refractivity contribution is 6.93. The Balaban J connectivity index is 0.996. The molecule has 0 N–H and O–H groups in total. The van der Waals surface area contributed by atoms with E-state index in [2.05, 4.69) is 215 Å². The second-order valence-corrected chi connectivity index (χ2v) is 25.1. The largest absolute Gasteiger partial charge is 0.376 e. The maximum atomic E-state index is 2.81. The van der Waals surface area contributed by atoms with Crippen molar-refractivity contribution in [2.45, 2.75) is 94.8 Å². The van der Waals surface area contributed by atoms with E-state index in [4.69, 9.17) is 0 Å². The molecule has 6 bridgehead atoms. The summed E-state index contributed by atoms with van der Waals surface area (Å²) in [5.74, 6) is 4.29. The van der Waals surface area contributed by atoms with Crippen molar-refractivity contribution in [1.82, 2.24) is 4.57 Å². The molecule has 4 heteroatoms. The quantitative estimate of drug-likeness (QED) is 0.141. The van der Waals surface area contributed by atoms with Crippen molar-refractivity contribution in [1.29, 1.82) is 0 Å². The van der Waals surface area contributed by atoms with E-state index in [0.29, 0.717) is 0 Å². The van der Waals surface area contributed by atoms with Gasteiger partial charge in [-0.2, -0.15) is 0 Å². The summed E-state index contributed by atoms with van der Waals surface area (Å²) in [6.07, 6.45) is 16.5. The molecule has 18 rings (SSSR count). The number of rotatable bonds is 8. The number of aromatic nitrogens is 1. The summed E-state index contributed by atoms with van der Waals surface area (Å²) in [7, 11) is 0. The molecule has 76 heavy (non-hydrogen) atoms. The molecular weight excluding hydrogens is 918 g/mol. The molecule has 6 aliphatic carbocycles. The van der Waals surface area contributed by atoms with Gasteiger partial charge in [0.25, 0.3) is 0 Å². The third kappa shape index (κ3) is 6.43. The lowest BCUT2D eigenvalue weighted by Gasteiger charge is -2.57. The first-order chi connectivity index (χ1) is 37.5. The second kappa shape index (κ2) is 16.4. The number of nitrogens with zero attached hydrogens (tertiary/aromatic N) is 3. The van der Waals surface area contributed by atoms with E-state index in [-0.39, 0.29) is 17.7 Å². The van der Waals surface area contributed by atoms with Crippen molar-refractivity contribution in [3.8, 4) is 27.9 Å². The van der Waals surface area contributed by atoms with Crippen LogP contribution in [0.3, 0.4) is 0 Å². The minimum Gasteiger partial charge on any atom is -0.376 e. The lowest BCUT2D eigenvalue weighted by Crippen LogP contribution is -2.61. The molecule has 2 aliphatic heterocycles. The standard InChI is InChI=1S/C72H64BN3/c1-2-71(41-46-22-23-47(30-46)42-71)55-26-29-66-62(36-55)64-37-56(72-43-48-31-49(44-72)33-50(32-48)45-72)38-65-70(64)75(66)68-40-60(74(57-18-8-4-9-19-57)58-20-10-5-11-21-58)39-63-61-34-53-16-12-13-17-54(53)35-67(61)76(73(65)69(63)68)59-27-24-52(25-28-59)51-14-6-3-7-15-51/h3-21,24-29,34-40,46-50H,2,22-23,30-33,41-45H2,1H3. The average molecular weight is 982 g/mol. The highest BCUT2D eigenvalue weighted by Gasteiger charge is 2.53. The molecule has 6 fully saturated rings. The van der Waals surface area contributed by atoms with Gasteiger partial charge in [-0.15, -0.1) is 0 Å². The molecular formula is C72H64BN3. The number of benzene rings is 9. The van der Waals surface area contributed by atoms with Crippen molar-refractivity contribution in [3.05, 3.63) is 205 Å². The highest BCUT2D eigenvalue weighted by Crippen LogP contribution is 2.62. The summed E-state index contributed by atoms with van der Waals surface area (Å²) in [6, 6.07) is 75.4. The predicted octanol–water partition coefficient (Wildman–Crippen LogP) is 17.6. The first-order valence-corrected chi connectivity index (χ1v) is 29.2. The Morgan fingerprint density at radius 1 is 0.487 bits per heavy atom. The fourth-order valence-electron chi connectivity index (χ4n) is 18.2. The first-order valence-electron chi connectivity index (χ1n) is 29.2. The average Bonchev–Trinajstić information content (AvgIpc) is 3.97. The van der Waals surface area contributed by atoms with Crippen molar-refractivity contribution in [2.75, 3.05) is 9.71 Å². The SMILES string of the molecule is CCC1(c2ccc3c(c2)c2cc(C45CC6CC(CC(C6)C4)C5)cc4c2n3-c2cc(N(c3ccccc3)c3ccccc3)cc3c2B4N(c2ccc(-c4ccccc4)cc2)c2cc4ccccc4cc2-3)CC2CCC(C2)C1. The summed E-state index contributed by atoms with van der Waals surface area (Å²) >= 11 is 0. The van der Waals surface area contributed by atoms with E-state index in [1.165, 1.54) is 166 Å². The van der Waals surface area contributed by atoms with Gasteiger partial charge in [0, 0.05) is 50.5 Å². The van der Waals surface area contributed by atoms with Crippen molar-refractivity contribution in [2.24, 2.45) is 29.6 Å². The van der Waals surface area contributed by atoms with Crippen LogP contribution in [0.1, 0.15) is 95.1 Å². The maximum absolute atomic E-state index is 2.81. The van der Waals surface area contributed by atoms with Crippen LogP contribution in [0.2, 0.25) is 0 Å². The molecule has 9 aromatic carbocycles. The number of hydrogen-bond donors (Lipinski definition) is 0. The van der Waals surface area contributed by atoms with E-state index in [9.17, 15) is 0 Å². The van der Waals surface area contributed by atoms with Crippen LogP contribution in [0.15, 0.2) is 194 Å². The van der Waals surface area contributed by atoms with Gasteiger partial charge in [0.1, 0.15) is 0 Å². The molecule has 10 aromatic rings. The van der Waals surface area contributed by atoms with Crippen LogP contribution in [-0.2, 0) is 10.8 Å². The normalized spacial score (nSPS) is 25.4. The molecule has 0 radical (unpaired) electrons. The number of anilines is 5. The lowest BCUT2D eigenvalue weighted by atomic mass is 9.42. The number of hydrogen-bond acceptors (Lipinski definition) is 2. The Kier molecular flexibility index (Phi) is 9.45. The van der Waals surface area contributed by atoms with Gasteiger partial charge < -0.3 is 14.3 Å². The van der Waals surface area contributed by atoms with Gasteiger partial charge in [0.05, 0.1) is 11.0 Å². The molecule has 6 saturated carbocycles. The molecule has 1 aromatic heterocycles. The zero-order valence-corrected chi connectivity index (χ0v) is 43.8. The van der Waals surface area contributed by atoms with Crippen molar-refractivity contribution in [3.63, 3.8) is 0 Å². The smallest absolute Gasteiger partial charge is 0.333 e. The number of para-hydroxylation sites is 2. The van der Waals surface area contributed by atoms with E-state index in [1.807, 2.05) is 0 Å². The van der Waals surface area contributed by atoms with Gasteiger partial charge in [-0.05, 0) is 233 Å². The fourth-order valence-corrected chi connectivity index (χ4v) is 18.2. The van der Waals surface area contributed by atoms with Crippen molar-refractivity contribution < 1.29 is 0 Å². The summed E-state index contributed by atoms with van der Waals surface area (Å²) in [5, 5.41) is 5.46. The monoisotopic (exact) mass is 982 g/mol. The van der Waals surface area contributed by atoms with Crippen LogP contribution in [0.4, 0.5) is 28.4 Å². The lowest BCUT2D eigenvalue weighted by molar-refractivity contribution is -0.00509. The summed E-state index contributed by atoms with van der Waals surface area (Å²) in [4.78, 5) is 5.28. The first kappa shape index (κ1) is 43.9. The maximum Gasteiger partial charge on any atom is 0.333 e. The molecule has 0 saturated heterocycles. The van der Waals surface area contributed by atoms with Gasteiger partial charge in [-0.1, -0.05) is 135 Å². The zero-order chi connectivity index (χ0) is 49.9. The number of fused-ring (bicyclic) bond motifs is 10. The molecule has 3 nitrogen and oxygen atoms in total. The highest BCUT2D eigenvalue weighted by atomic mass is 15.2. The van der Waals surface area contributed by atoms with Gasteiger partial charge >= 0.3 is 6.85 Å². The van der Waals surface area contributed by atoms with Gasteiger partial charge in [-0.3, -0.25) is 0 Å². The zero-order valence-electron chi connectivity index (χ0n) is 43.8. The van der Waals surface area contributed by atoms with Crippen LogP contribution in [0.5, 0.6) is 0 Å². The third-order valence-corrected chi connectivity index (χ3v) is 21.0. The molecule has 8 aliphatic rings. The summed E-state index contributed by atoms with van der Waals surface area (Å²) in [6.45, 7) is 2.43. The van der Waals surface area contributed by atoms with E-state index in [1.54, 1.807) is 11.1 Å². The van der Waals surface area contributed by atoms with E-state index >= 15 is 0 Å². The van der Waals surface area contributed by atoms with E-state index < -0.39 is 0 Å². The third-order valence-electron chi connectivity index (χ3n) is 21.0. The topological polar surface area (TPSA) is 11.4 Å². The molecule has 2 unspecified atom stereocenters.